The lowest BCUT2D eigenvalue weighted by atomic mass is 9.79. The largest absolute Gasteiger partial charge is 0.465 e. The Kier molecular flexibility index (Phi) is 14.6. The summed E-state index contributed by atoms with van der Waals surface area (Å²) in [5.74, 6) is -0.637. The summed E-state index contributed by atoms with van der Waals surface area (Å²) in [5.41, 5.74) is 5.31. The Labute approximate surface area is 349 Å². The standard InChI is InChI=1S/C43H58ClF3N6O6/c1-3-4-5-8-25-58-39(55)42(2)16-23-50(24-17-42)31-12-18-51(19-13-31)38(54)36(28-29-26-33(43(45,46)47)37(48)34(44)27-29)59-41(57)52-20-14-32(15-21-52)53-22-11-30-9-6-7-10-35(30)49-40(53)56/h6-7,9-10,26-27,31-32,36H,3-5,8,11-25,28,48H2,1-2H3,(H,49,56)/t36-/m1/s1. The Morgan fingerprint density at radius 3 is 2.27 bits per heavy atom. The number of carbonyl (C=O) groups is 4. The van der Waals surface area contributed by atoms with Crippen molar-refractivity contribution in [3.63, 3.8) is 0 Å². The number of anilines is 2. The summed E-state index contributed by atoms with van der Waals surface area (Å²) in [6.45, 7) is 7.82. The number of unbranched alkanes of at least 4 members (excludes halogenated alkanes) is 3. The summed E-state index contributed by atoms with van der Waals surface area (Å²) in [7, 11) is 0. The van der Waals surface area contributed by atoms with Gasteiger partial charge < -0.3 is 40.1 Å². The highest BCUT2D eigenvalue weighted by atomic mass is 35.5. The minimum Gasteiger partial charge on any atom is -0.465 e. The van der Waals surface area contributed by atoms with Crippen molar-refractivity contribution in [3.05, 3.63) is 58.1 Å². The van der Waals surface area contributed by atoms with Crippen LogP contribution in [0.15, 0.2) is 36.4 Å². The first-order valence-electron chi connectivity index (χ1n) is 21.1. The van der Waals surface area contributed by atoms with Crippen LogP contribution in [-0.2, 0) is 38.1 Å². The average Bonchev–Trinajstić information content (AvgIpc) is 3.39. The maximum Gasteiger partial charge on any atom is 0.418 e. The minimum atomic E-state index is -4.79. The Bertz CT molecular complexity index is 1810. The molecule has 0 spiro atoms. The number of benzene rings is 2. The number of amides is 4. The molecule has 4 aliphatic heterocycles. The van der Waals surface area contributed by atoms with Gasteiger partial charge in [-0.15, -0.1) is 0 Å². The van der Waals surface area contributed by atoms with E-state index in [4.69, 9.17) is 26.8 Å². The molecule has 0 unspecified atom stereocenters. The molecule has 6 rings (SSSR count). The van der Waals surface area contributed by atoms with Gasteiger partial charge in [-0.1, -0.05) is 56.0 Å². The molecule has 3 N–H and O–H groups in total. The smallest absolute Gasteiger partial charge is 0.418 e. The van der Waals surface area contributed by atoms with Crippen LogP contribution in [-0.4, -0.2) is 114 Å². The monoisotopic (exact) mass is 846 g/mol. The Balaban J connectivity index is 1.07. The van der Waals surface area contributed by atoms with E-state index in [-0.39, 0.29) is 54.2 Å². The summed E-state index contributed by atoms with van der Waals surface area (Å²) >= 11 is 6.15. The first kappa shape index (κ1) is 44.3. The summed E-state index contributed by atoms with van der Waals surface area (Å²) in [4.78, 5) is 61.3. The number of esters is 1. The second kappa shape index (κ2) is 19.4. The number of nitrogens with two attached hydrogens (primary N) is 1. The molecule has 12 nitrogen and oxygen atoms in total. The third-order valence-corrected chi connectivity index (χ3v) is 13.0. The first-order chi connectivity index (χ1) is 28.2. The van der Waals surface area contributed by atoms with E-state index >= 15 is 0 Å². The Morgan fingerprint density at radius 1 is 0.932 bits per heavy atom. The zero-order valence-corrected chi connectivity index (χ0v) is 34.9. The van der Waals surface area contributed by atoms with Gasteiger partial charge in [-0.2, -0.15) is 13.2 Å². The van der Waals surface area contributed by atoms with Crippen LogP contribution in [0.2, 0.25) is 5.02 Å². The van der Waals surface area contributed by atoms with E-state index in [1.54, 1.807) is 9.80 Å². The number of alkyl halides is 3. The molecule has 4 aliphatic rings. The van der Waals surface area contributed by atoms with Gasteiger partial charge in [0.25, 0.3) is 5.91 Å². The number of carbonyl (C=O) groups excluding carboxylic acids is 4. The molecule has 4 amide bonds. The van der Waals surface area contributed by atoms with Crippen LogP contribution in [0.3, 0.4) is 0 Å². The van der Waals surface area contributed by atoms with Crippen LogP contribution in [0.1, 0.15) is 94.7 Å². The van der Waals surface area contributed by atoms with E-state index in [0.29, 0.717) is 71.2 Å². The second-order valence-corrected chi connectivity index (χ2v) is 17.1. The highest BCUT2D eigenvalue weighted by Crippen LogP contribution is 2.39. The van der Waals surface area contributed by atoms with Crippen LogP contribution in [0.5, 0.6) is 0 Å². The number of hydrogen-bond donors (Lipinski definition) is 2. The summed E-state index contributed by atoms with van der Waals surface area (Å²) in [5, 5.41) is 2.68. The Hall–Kier alpha value is -4.24. The number of rotatable bonds is 12. The molecule has 0 aromatic heterocycles. The number of ether oxygens (including phenoxy) is 2. The summed E-state index contributed by atoms with van der Waals surface area (Å²) in [6.07, 6.45) is 1.19. The highest BCUT2D eigenvalue weighted by Gasteiger charge is 2.42. The van der Waals surface area contributed by atoms with Gasteiger partial charge >= 0.3 is 24.3 Å². The van der Waals surface area contributed by atoms with Crippen LogP contribution < -0.4 is 11.1 Å². The predicted octanol–water partition coefficient (Wildman–Crippen LogP) is 7.76. The number of para-hydroxylation sites is 1. The fourth-order valence-electron chi connectivity index (χ4n) is 8.82. The molecule has 0 radical (unpaired) electrons. The number of urea groups is 1. The zero-order chi connectivity index (χ0) is 42.3. The van der Waals surface area contributed by atoms with Gasteiger partial charge in [0.05, 0.1) is 28.3 Å². The number of hydrogen-bond acceptors (Lipinski definition) is 8. The molecular weight excluding hydrogens is 789 g/mol. The number of nitrogen functional groups attached to an aromatic ring is 1. The molecule has 0 aliphatic carbocycles. The van der Waals surface area contributed by atoms with E-state index in [2.05, 4.69) is 17.1 Å². The fourth-order valence-corrected chi connectivity index (χ4v) is 9.07. The van der Waals surface area contributed by atoms with Crippen molar-refractivity contribution in [1.29, 1.82) is 0 Å². The molecule has 324 valence electrons. The third kappa shape index (κ3) is 10.9. The SMILES string of the molecule is CCCCCCOC(=O)C1(C)CCN(C2CCN(C(=O)[C@@H](Cc3cc(Cl)c(N)c(C(F)(F)F)c3)OC(=O)N3CCC(N4CCc5ccccc5NC4=O)CC3)CC2)CC1. The normalized spacial score (nSPS) is 20.0. The topological polar surface area (TPSA) is 138 Å². The molecule has 59 heavy (non-hydrogen) atoms. The lowest BCUT2D eigenvalue weighted by molar-refractivity contribution is -0.158. The summed E-state index contributed by atoms with van der Waals surface area (Å²) in [6, 6.07) is 9.66. The third-order valence-electron chi connectivity index (χ3n) is 12.7. The van der Waals surface area contributed by atoms with E-state index in [9.17, 15) is 32.3 Å². The number of piperidine rings is 3. The maximum absolute atomic E-state index is 14.2. The van der Waals surface area contributed by atoms with Gasteiger partial charge in [0.15, 0.2) is 6.10 Å². The lowest BCUT2D eigenvalue weighted by Gasteiger charge is -2.44. The van der Waals surface area contributed by atoms with Gasteiger partial charge in [-0.3, -0.25) is 9.59 Å². The van der Waals surface area contributed by atoms with Crippen LogP contribution in [0.4, 0.5) is 34.1 Å². The summed E-state index contributed by atoms with van der Waals surface area (Å²) < 4.78 is 53.3. The van der Waals surface area contributed by atoms with E-state index in [0.717, 1.165) is 56.1 Å². The molecule has 16 heteroatoms. The molecule has 2 aromatic carbocycles. The maximum atomic E-state index is 14.2. The van der Waals surface area contributed by atoms with Gasteiger partial charge in [-0.05, 0) is 101 Å². The van der Waals surface area contributed by atoms with Crippen molar-refractivity contribution < 1.29 is 41.8 Å². The molecule has 3 fully saturated rings. The average molecular weight is 847 g/mol. The van der Waals surface area contributed by atoms with Gasteiger partial charge in [0, 0.05) is 56.9 Å². The number of fused-ring (bicyclic) bond motifs is 1. The van der Waals surface area contributed by atoms with Gasteiger partial charge in [0.2, 0.25) is 0 Å². The highest BCUT2D eigenvalue weighted by molar-refractivity contribution is 6.33. The van der Waals surface area contributed by atoms with Gasteiger partial charge in [-0.25, -0.2) is 9.59 Å². The van der Waals surface area contributed by atoms with Crippen molar-refractivity contribution in [2.75, 3.05) is 63.5 Å². The molecule has 0 saturated carbocycles. The number of nitrogens with one attached hydrogen (secondary N) is 1. The predicted molar refractivity (Wildman–Crippen MR) is 219 cm³/mol. The molecule has 1 atom stereocenters. The van der Waals surface area contributed by atoms with Gasteiger partial charge in [0.1, 0.15) is 0 Å². The van der Waals surface area contributed by atoms with E-state index in [1.807, 2.05) is 31.2 Å². The second-order valence-electron chi connectivity index (χ2n) is 16.7. The molecule has 0 bridgehead atoms. The van der Waals surface area contributed by atoms with E-state index < -0.39 is 40.9 Å². The van der Waals surface area contributed by atoms with E-state index in [1.165, 1.54) is 11.0 Å². The molecule has 3 saturated heterocycles. The lowest BCUT2D eigenvalue weighted by Crippen LogP contribution is -2.54. The number of nitrogens with zero attached hydrogens (tertiary/aromatic N) is 4. The van der Waals surface area contributed by atoms with Crippen LogP contribution >= 0.6 is 11.6 Å². The van der Waals surface area contributed by atoms with Crippen molar-refractivity contribution in [2.24, 2.45) is 5.41 Å². The van der Waals surface area contributed by atoms with Crippen molar-refractivity contribution >= 4 is 47.0 Å². The number of halogens is 4. The fraction of sp³-hybridized carbons (Fsp3) is 0.628. The first-order valence-corrected chi connectivity index (χ1v) is 21.5. The number of likely N-dealkylation sites (tertiary alicyclic amines) is 3. The molecular formula is C43H58ClF3N6O6. The minimum absolute atomic E-state index is 0.0558. The van der Waals surface area contributed by atoms with Crippen molar-refractivity contribution in [2.45, 2.75) is 115 Å². The molecule has 2 aromatic rings. The quantitative estimate of drug-likeness (QED) is 0.126. The van der Waals surface area contributed by atoms with Crippen LogP contribution in [0.25, 0.3) is 0 Å². The Morgan fingerprint density at radius 2 is 1.59 bits per heavy atom. The molecule has 4 heterocycles. The van der Waals surface area contributed by atoms with Crippen molar-refractivity contribution in [1.82, 2.24) is 19.6 Å². The van der Waals surface area contributed by atoms with Crippen LogP contribution in [0, 0.1) is 5.41 Å². The van der Waals surface area contributed by atoms with Crippen molar-refractivity contribution in [3.8, 4) is 0 Å². The zero-order valence-electron chi connectivity index (χ0n) is 34.2.